The van der Waals surface area contributed by atoms with Gasteiger partial charge in [0.2, 0.25) is 0 Å². The Morgan fingerprint density at radius 3 is 2.29 bits per heavy atom. The molecule has 0 aliphatic rings. The van der Waals surface area contributed by atoms with E-state index in [-0.39, 0.29) is 6.07 Å². The van der Waals surface area contributed by atoms with Crippen LogP contribution in [-0.4, -0.2) is 24.4 Å². The van der Waals surface area contributed by atoms with Gasteiger partial charge in [0.25, 0.3) is 0 Å². The number of hydrogen-bond acceptors (Lipinski definition) is 4. The number of pyridine rings is 1. The van der Waals surface area contributed by atoms with Crippen molar-refractivity contribution in [2.75, 3.05) is 7.11 Å². The summed E-state index contributed by atoms with van der Waals surface area (Å²) in [6, 6.07) is 0.0912. The molecule has 11 heteroatoms. The number of carbonyl (C=O) groups is 1. The van der Waals surface area contributed by atoms with Crippen LogP contribution in [0.25, 0.3) is 0 Å². The molecule has 1 heterocycles. The highest BCUT2D eigenvalue weighted by Crippen LogP contribution is 2.35. The van der Waals surface area contributed by atoms with Gasteiger partial charge < -0.3 is 9.47 Å². The Kier molecular flexibility index (Phi) is 5.28. The van der Waals surface area contributed by atoms with Gasteiger partial charge in [-0.25, -0.2) is 4.98 Å². The third-order valence-electron chi connectivity index (χ3n) is 2.10. The van der Waals surface area contributed by atoms with Crippen LogP contribution in [0.4, 0.5) is 26.3 Å². The van der Waals surface area contributed by atoms with Gasteiger partial charge in [0, 0.05) is 11.6 Å². The Hall–Kier alpha value is -1.27. The van der Waals surface area contributed by atoms with Crippen LogP contribution in [-0.2, 0) is 22.1 Å². The Labute approximate surface area is 127 Å². The molecule has 0 amide bonds. The van der Waals surface area contributed by atoms with Crippen molar-refractivity contribution < 1.29 is 40.6 Å². The molecule has 0 saturated carbocycles. The first kappa shape index (κ1) is 17.8. The maximum Gasteiger partial charge on any atom is 0.573 e. The first-order valence-electron chi connectivity index (χ1n) is 5.03. The SMILES string of the molecule is COC(=O)Cc1c(OC(F)(F)F)cc(C(F)(F)F)nc1I. The molecule has 1 aromatic heterocycles. The predicted octanol–water partition coefficient (Wildman–Crippen LogP) is 3.32. The fourth-order valence-corrected chi connectivity index (χ4v) is 1.97. The molecular weight excluding hydrogens is 423 g/mol. The zero-order chi connectivity index (χ0) is 16.4. The molecule has 21 heavy (non-hydrogen) atoms. The normalized spacial score (nSPS) is 12.2. The number of halogens is 7. The average Bonchev–Trinajstić information content (AvgIpc) is 2.29. The smallest absolute Gasteiger partial charge is 0.469 e. The first-order chi connectivity index (χ1) is 9.44. The Morgan fingerprint density at radius 1 is 1.29 bits per heavy atom. The highest BCUT2D eigenvalue weighted by molar-refractivity contribution is 14.1. The minimum atomic E-state index is -5.21. The molecule has 0 atom stereocenters. The third-order valence-corrected chi connectivity index (χ3v) is 2.99. The van der Waals surface area contributed by atoms with Crippen LogP contribution in [0.5, 0.6) is 5.75 Å². The largest absolute Gasteiger partial charge is 0.573 e. The number of alkyl halides is 6. The van der Waals surface area contributed by atoms with E-state index in [0.29, 0.717) is 0 Å². The fourth-order valence-electron chi connectivity index (χ4n) is 1.26. The number of nitrogens with zero attached hydrogens (tertiary/aromatic N) is 1. The number of carbonyl (C=O) groups excluding carboxylic acids is 1. The quantitative estimate of drug-likeness (QED) is 0.320. The van der Waals surface area contributed by atoms with E-state index >= 15 is 0 Å². The molecule has 1 rings (SSSR count). The van der Waals surface area contributed by atoms with Crippen molar-refractivity contribution in [3.63, 3.8) is 0 Å². The highest BCUT2D eigenvalue weighted by atomic mass is 127. The Bertz CT molecular complexity index is 543. The molecular formula is C10H6F6INO3. The zero-order valence-electron chi connectivity index (χ0n) is 10.1. The van der Waals surface area contributed by atoms with E-state index in [1.165, 1.54) is 22.6 Å². The summed E-state index contributed by atoms with van der Waals surface area (Å²) in [5, 5.41) is 0. The van der Waals surface area contributed by atoms with E-state index in [1.807, 2.05) is 0 Å². The number of esters is 1. The summed E-state index contributed by atoms with van der Waals surface area (Å²) in [6.07, 6.45) is -10.9. The molecule has 0 aliphatic heterocycles. The van der Waals surface area contributed by atoms with E-state index in [1.54, 1.807) is 0 Å². The molecule has 0 unspecified atom stereocenters. The lowest BCUT2D eigenvalue weighted by atomic mass is 10.1. The topological polar surface area (TPSA) is 48.4 Å². The van der Waals surface area contributed by atoms with E-state index in [4.69, 9.17) is 0 Å². The number of ether oxygens (including phenoxy) is 2. The van der Waals surface area contributed by atoms with Gasteiger partial charge in [-0.15, -0.1) is 13.2 Å². The minimum Gasteiger partial charge on any atom is -0.469 e. The van der Waals surface area contributed by atoms with Gasteiger partial charge in [-0.3, -0.25) is 4.79 Å². The summed E-state index contributed by atoms with van der Waals surface area (Å²) >= 11 is 1.29. The predicted molar refractivity (Wildman–Crippen MR) is 64.4 cm³/mol. The number of hydrogen-bond donors (Lipinski definition) is 0. The van der Waals surface area contributed by atoms with Crippen LogP contribution in [0.1, 0.15) is 11.3 Å². The van der Waals surface area contributed by atoms with Crippen LogP contribution in [0.2, 0.25) is 0 Å². The molecule has 0 fully saturated rings. The van der Waals surface area contributed by atoms with Crippen LogP contribution in [0, 0.1) is 3.70 Å². The number of methoxy groups -OCH3 is 1. The van der Waals surface area contributed by atoms with Gasteiger partial charge >= 0.3 is 18.5 Å². The molecule has 0 aromatic carbocycles. The zero-order valence-corrected chi connectivity index (χ0v) is 12.3. The van der Waals surface area contributed by atoms with Crippen LogP contribution >= 0.6 is 22.6 Å². The van der Waals surface area contributed by atoms with Crippen molar-refractivity contribution in [2.24, 2.45) is 0 Å². The summed E-state index contributed by atoms with van der Waals surface area (Å²) in [7, 11) is 0.983. The van der Waals surface area contributed by atoms with Crippen LogP contribution in [0.3, 0.4) is 0 Å². The van der Waals surface area contributed by atoms with Gasteiger partial charge in [-0.1, -0.05) is 0 Å². The van der Waals surface area contributed by atoms with Crippen molar-refractivity contribution in [1.29, 1.82) is 0 Å². The lowest BCUT2D eigenvalue weighted by molar-refractivity contribution is -0.275. The molecule has 0 radical (unpaired) electrons. The van der Waals surface area contributed by atoms with Gasteiger partial charge in [0.05, 0.1) is 13.5 Å². The highest BCUT2D eigenvalue weighted by Gasteiger charge is 2.38. The second kappa shape index (κ2) is 6.23. The maximum atomic E-state index is 12.5. The summed E-state index contributed by atoms with van der Waals surface area (Å²) in [6.45, 7) is 0. The van der Waals surface area contributed by atoms with E-state index in [0.717, 1.165) is 7.11 Å². The van der Waals surface area contributed by atoms with Crippen molar-refractivity contribution in [2.45, 2.75) is 19.0 Å². The molecule has 1 aromatic rings. The van der Waals surface area contributed by atoms with Crippen molar-refractivity contribution in [1.82, 2.24) is 4.98 Å². The molecule has 118 valence electrons. The average molecular weight is 429 g/mol. The third kappa shape index (κ3) is 5.21. The summed E-state index contributed by atoms with van der Waals surface area (Å²) in [5.41, 5.74) is -1.99. The molecule has 0 aliphatic carbocycles. The number of rotatable bonds is 3. The Balaban J connectivity index is 3.37. The summed E-state index contributed by atoms with van der Waals surface area (Å²) in [4.78, 5) is 14.2. The summed E-state index contributed by atoms with van der Waals surface area (Å²) < 4.78 is 81.8. The van der Waals surface area contributed by atoms with E-state index < -0.39 is 45.6 Å². The second-order valence-corrected chi connectivity index (χ2v) is 4.60. The summed E-state index contributed by atoms with van der Waals surface area (Å²) in [5.74, 6) is -2.08. The standard InChI is InChI=1S/C10H6F6INO3/c1-20-7(19)2-4-5(21-10(14,15)16)3-6(9(11,12)13)18-8(4)17/h3H,2H2,1H3. The second-order valence-electron chi connectivity index (χ2n) is 3.57. The minimum absolute atomic E-state index is 0.0912. The van der Waals surface area contributed by atoms with Gasteiger partial charge in [-0.2, -0.15) is 13.2 Å². The van der Waals surface area contributed by atoms with Crippen molar-refractivity contribution >= 4 is 28.6 Å². The van der Waals surface area contributed by atoms with Gasteiger partial charge in [0.1, 0.15) is 15.1 Å². The molecule has 0 bridgehead atoms. The Morgan fingerprint density at radius 2 is 1.86 bits per heavy atom. The molecule has 0 N–H and O–H groups in total. The van der Waals surface area contributed by atoms with Gasteiger partial charge in [-0.05, 0) is 22.6 Å². The lowest BCUT2D eigenvalue weighted by Crippen LogP contribution is -2.21. The monoisotopic (exact) mass is 429 g/mol. The number of aromatic nitrogens is 1. The molecule has 0 saturated heterocycles. The van der Waals surface area contributed by atoms with Crippen LogP contribution in [0.15, 0.2) is 6.07 Å². The fraction of sp³-hybridized carbons (Fsp3) is 0.400. The maximum absolute atomic E-state index is 12.5. The molecule has 4 nitrogen and oxygen atoms in total. The van der Waals surface area contributed by atoms with E-state index in [2.05, 4.69) is 14.5 Å². The van der Waals surface area contributed by atoms with Crippen molar-refractivity contribution in [3.05, 3.63) is 21.0 Å². The van der Waals surface area contributed by atoms with Gasteiger partial charge in [0.15, 0.2) is 0 Å². The van der Waals surface area contributed by atoms with E-state index in [9.17, 15) is 31.1 Å². The lowest BCUT2D eigenvalue weighted by Gasteiger charge is -2.16. The van der Waals surface area contributed by atoms with Crippen LogP contribution < -0.4 is 4.74 Å². The van der Waals surface area contributed by atoms with Crippen molar-refractivity contribution in [3.8, 4) is 5.75 Å². The first-order valence-corrected chi connectivity index (χ1v) is 6.11. The molecule has 0 spiro atoms.